The Balaban J connectivity index is 0.00000220. The molecule has 1 aromatic rings. The van der Waals surface area contributed by atoms with Crippen molar-refractivity contribution in [3.8, 4) is 0 Å². The van der Waals surface area contributed by atoms with Crippen LogP contribution in [0.4, 0.5) is 0 Å². The van der Waals surface area contributed by atoms with Crippen molar-refractivity contribution in [1.29, 1.82) is 0 Å². The summed E-state index contributed by atoms with van der Waals surface area (Å²) in [6.45, 7) is 4.08. The predicted octanol–water partition coefficient (Wildman–Crippen LogP) is -1.27. The molecule has 0 radical (unpaired) electrons. The summed E-state index contributed by atoms with van der Waals surface area (Å²) in [6, 6.07) is 4.85. The summed E-state index contributed by atoms with van der Waals surface area (Å²) < 4.78 is 0. The molecule has 2 heterocycles. The average Bonchev–Trinajstić information content (AvgIpc) is 2.48. The fraction of sp³-hybridized carbons (Fsp3) is 0.462. The summed E-state index contributed by atoms with van der Waals surface area (Å²) in [5, 5.41) is 11.9. The van der Waals surface area contributed by atoms with Crippen LogP contribution in [0, 0.1) is 0 Å². The van der Waals surface area contributed by atoms with Crippen LogP contribution in [-0.4, -0.2) is 56.1 Å². The molecule has 114 valence electrons. The minimum Gasteiger partial charge on any atom is -0.349 e. The van der Waals surface area contributed by atoms with Crippen LogP contribution in [0.5, 0.6) is 0 Å². The Labute approximate surface area is 134 Å². The summed E-state index contributed by atoms with van der Waals surface area (Å²) in [6.07, 6.45) is 0. The van der Waals surface area contributed by atoms with Gasteiger partial charge in [-0.05, 0) is 12.1 Å². The van der Waals surface area contributed by atoms with E-state index in [-0.39, 0.29) is 40.3 Å². The van der Waals surface area contributed by atoms with Crippen molar-refractivity contribution in [3.05, 3.63) is 29.6 Å². The van der Waals surface area contributed by atoms with E-state index in [1.807, 2.05) is 0 Å². The summed E-state index contributed by atoms with van der Waals surface area (Å²) in [4.78, 5) is 27.8. The zero-order valence-electron chi connectivity index (χ0n) is 11.6. The Morgan fingerprint density at radius 1 is 0.762 bits per heavy atom. The third-order valence-corrected chi connectivity index (χ3v) is 2.87. The van der Waals surface area contributed by atoms with Gasteiger partial charge in [0.05, 0.1) is 0 Å². The number of hydrogen-bond acceptors (Lipinski definition) is 5. The average molecular weight is 333 g/mol. The number of pyridine rings is 1. The van der Waals surface area contributed by atoms with E-state index in [9.17, 15) is 9.59 Å². The molecule has 0 spiro atoms. The van der Waals surface area contributed by atoms with Gasteiger partial charge in [-0.2, -0.15) is 0 Å². The first-order valence-corrected chi connectivity index (χ1v) is 6.72. The standard InChI is InChI=1S/C13H19N5O2.Fe/c19-12-10-2-1-3-11(18-10)13(20)17-9-7-15-5-4-14-6-8-16-12;/h1-3,14-15H,4-9H2,(H,16,19)(H,17,20);/q;+2. The van der Waals surface area contributed by atoms with Gasteiger partial charge in [-0.15, -0.1) is 0 Å². The van der Waals surface area contributed by atoms with E-state index >= 15 is 0 Å². The van der Waals surface area contributed by atoms with Crippen LogP contribution in [0.2, 0.25) is 0 Å². The molecule has 1 aliphatic rings. The molecule has 2 amide bonds. The van der Waals surface area contributed by atoms with E-state index in [4.69, 9.17) is 0 Å². The molecule has 21 heavy (non-hydrogen) atoms. The molecule has 0 aromatic carbocycles. The molecule has 7 nitrogen and oxygen atoms in total. The second-order valence-electron chi connectivity index (χ2n) is 4.42. The van der Waals surface area contributed by atoms with E-state index in [0.29, 0.717) is 26.2 Å². The van der Waals surface area contributed by atoms with Gasteiger partial charge in [-0.1, -0.05) is 6.07 Å². The van der Waals surface area contributed by atoms with E-state index in [1.54, 1.807) is 18.2 Å². The van der Waals surface area contributed by atoms with Gasteiger partial charge in [0.15, 0.2) is 0 Å². The summed E-state index contributed by atoms with van der Waals surface area (Å²) in [5.41, 5.74) is 0.510. The first-order valence-electron chi connectivity index (χ1n) is 6.72. The van der Waals surface area contributed by atoms with Gasteiger partial charge in [-0.3, -0.25) is 9.59 Å². The molecular weight excluding hydrogens is 314 g/mol. The zero-order chi connectivity index (χ0) is 14.2. The maximum Gasteiger partial charge on any atom is 2.00 e. The van der Waals surface area contributed by atoms with Crippen LogP contribution >= 0.6 is 0 Å². The van der Waals surface area contributed by atoms with Crippen molar-refractivity contribution in [3.63, 3.8) is 0 Å². The fourth-order valence-corrected chi connectivity index (χ4v) is 1.82. The fourth-order valence-electron chi connectivity index (χ4n) is 1.82. The number of amides is 2. The number of rotatable bonds is 0. The molecule has 1 aromatic heterocycles. The van der Waals surface area contributed by atoms with E-state index < -0.39 is 0 Å². The van der Waals surface area contributed by atoms with Crippen molar-refractivity contribution in [1.82, 2.24) is 26.3 Å². The molecule has 0 fully saturated rings. The third-order valence-electron chi connectivity index (χ3n) is 2.87. The Kier molecular flexibility index (Phi) is 7.92. The van der Waals surface area contributed by atoms with E-state index in [0.717, 1.165) is 13.1 Å². The van der Waals surface area contributed by atoms with E-state index in [2.05, 4.69) is 26.3 Å². The monoisotopic (exact) mass is 333 g/mol. The minimum absolute atomic E-state index is 0. The summed E-state index contributed by atoms with van der Waals surface area (Å²) in [7, 11) is 0. The number of fused-ring (bicyclic) bond motifs is 2. The van der Waals surface area contributed by atoms with Gasteiger partial charge >= 0.3 is 17.1 Å². The molecule has 0 atom stereocenters. The van der Waals surface area contributed by atoms with Crippen LogP contribution in [0.3, 0.4) is 0 Å². The van der Waals surface area contributed by atoms with Crippen LogP contribution in [0.15, 0.2) is 18.2 Å². The van der Waals surface area contributed by atoms with Gasteiger partial charge in [0.2, 0.25) is 0 Å². The van der Waals surface area contributed by atoms with Gasteiger partial charge in [0, 0.05) is 39.3 Å². The predicted molar refractivity (Wildman–Crippen MR) is 74.6 cm³/mol. The molecule has 8 heteroatoms. The Bertz CT molecular complexity index is 444. The van der Waals surface area contributed by atoms with Gasteiger partial charge < -0.3 is 21.3 Å². The van der Waals surface area contributed by atoms with Crippen molar-refractivity contribution in [2.45, 2.75) is 0 Å². The van der Waals surface area contributed by atoms with Gasteiger partial charge in [0.1, 0.15) is 11.4 Å². The Morgan fingerprint density at radius 2 is 1.19 bits per heavy atom. The number of nitrogens with zero attached hydrogens (tertiary/aromatic N) is 1. The first kappa shape index (κ1) is 17.6. The minimum atomic E-state index is -0.269. The van der Waals surface area contributed by atoms with Crippen molar-refractivity contribution >= 4 is 11.8 Å². The van der Waals surface area contributed by atoms with Crippen molar-refractivity contribution < 1.29 is 26.7 Å². The number of carbonyl (C=O) groups is 2. The molecule has 0 saturated carbocycles. The SMILES string of the molecule is O=C1NCCNCCNCCNC(=O)c2cccc1n2.[Fe+2]. The number of carbonyl (C=O) groups excluding carboxylic acids is 2. The van der Waals surface area contributed by atoms with Gasteiger partial charge in [-0.25, -0.2) is 4.98 Å². The second-order valence-corrected chi connectivity index (χ2v) is 4.42. The quantitative estimate of drug-likeness (QED) is 0.444. The van der Waals surface area contributed by atoms with Gasteiger partial charge in [0.25, 0.3) is 11.8 Å². The molecule has 1 aliphatic heterocycles. The maximum atomic E-state index is 11.9. The number of aromatic nitrogens is 1. The summed E-state index contributed by atoms with van der Waals surface area (Å²) >= 11 is 0. The smallest absolute Gasteiger partial charge is 0.349 e. The third kappa shape index (κ3) is 5.81. The first-order chi connectivity index (χ1) is 9.77. The molecule has 2 rings (SSSR count). The molecule has 2 bridgehead atoms. The molecular formula is C13H19FeN5O2+2. The molecule has 0 unspecified atom stereocenters. The maximum absolute atomic E-state index is 11.9. The molecule has 0 aliphatic carbocycles. The number of hydrogen-bond donors (Lipinski definition) is 4. The largest absolute Gasteiger partial charge is 2.00 e. The van der Waals surface area contributed by atoms with Crippen LogP contribution in [0.1, 0.15) is 21.0 Å². The Hall–Kier alpha value is -1.47. The van der Waals surface area contributed by atoms with Crippen LogP contribution < -0.4 is 21.3 Å². The normalized spacial score (nSPS) is 17.5. The second kappa shape index (κ2) is 9.46. The molecule has 0 saturated heterocycles. The van der Waals surface area contributed by atoms with E-state index in [1.165, 1.54) is 0 Å². The molecule has 4 N–H and O–H groups in total. The Morgan fingerprint density at radius 3 is 1.67 bits per heavy atom. The van der Waals surface area contributed by atoms with Crippen molar-refractivity contribution in [2.75, 3.05) is 39.3 Å². The van der Waals surface area contributed by atoms with Crippen molar-refractivity contribution in [2.24, 2.45) is 0 Å². The summed E-state index contributed by atoms with van der Waals surface area (Å²) in [5.74, 6) is -0.538. The van der Waals surface area contributed by atoms with Crippen LogP contribution in [-0.2, 0) is 17.1 Å². The zero-order valence-corrected chi connectivity index (χ0v) is 12.7. The number of nitrogens with one attached hydrogen (secondary N) is 4. The van der Waals surface area contributed by atoms with Crippen LogP contribution in [0.25, 0.3) is 0 Å². The topological polar surface area (TPSA) is 95.1 Å².